The smallest absolute Gasteiger partial charge is 0.237 e. The molecule has 108 valence electrons. The Bertz CT molecular complexity index is 246. The van der Waals surface area contributed by atoms with Crippen LogP contribution in [-0.2, 0) is 4.79 Å². The van der Waals surface area contributed by atoms with Crippen LogP contribution in [0.15, 0.2) is 0 Å². The van der Waals surface area contributed by atoms with Gasteiger partial charge in [0.05, 0.1) is 6.04 Å². The van der Waals surface area contributed by atoms with Gasteiger partial charge in [0, 0.05) is 12.6 Å². The predicted octanol–water partition coefficient (Wildman–Crippen LogP) is 1.60. The minimum Gasteiger partial charge on any atom is -0.355 e. The second-order valence-corrected chi connectivity index (χ2v) is 6.42. The molecule has 0 rings (SSSR count). The van der Waals surface area contributed by atoms with E-state index >= 15 is 0 Å². The number of nitrogens with two attached hydrogens (primary N) is 1. The van der Waals surface area contributed by atoms with Crippen molar-refractivity contribution in [3.63, 3.8) is 0 Å². The van der Waals surface area contributed by atoms with Crippen molar-refractivity contribution in [3.8, 4) is 0 Å². The van der Waals surface area contributed by atoms with E-state index in [1.54, 1.807) is 0 Å². The first kappa shape index (κ1) is 17.4. The van der Waals surface area contributed by atoms with Crippen LogP contribution in [0.2, 0.25) is 0 Å². The Morgan fingerprint density at radius 2 is 1.83 bits per heavy atom. The maximum Gasteiger partial charge on any atom is 0.237 e. The minimum atomic E-state index is -0.434. The number of amides is 1. The summed E-state index contributed by atoms with van der Waals surface area (Å²) in [6, 6.07) is 0.143. The summed E-state index contributed by atoms with van der Waals surface area (Å²) in [4.78, 5) is 14.1. The third-order valence-electron chi connectivity index (χ3n) is 3.33. The molecule has 0 saturated carbocycles. The number of unbranched alkanes of at least 4 members (excludes halogenated alkanes) is 1. The lowest BCUT2D eigenvalue weighted by molar-refractivity contribution is -0.124. The van der Waals surface area contributed by atoms with Crippen molar-refractivity contribution in [1.29, 1.82) is 0 Å². The molecule has 0 radical (unpaired) electrons. The van der Waals surface area contributed by atoms with E-state index in [2.05, 4.69) is 31.1 Å². The molecule has 4 nitrogen and oxygen atoms in total. The van der Waals surface area contributed by atoms with Crippen LogP contribution in [0.25, 0.3) is 0 Å². The van der Waals surface area contributed by atoms with E-state index in [4.69, 9.17) is 5.73 Å². The molecule has 4 heteroatoms. The fraction of sp³-hybridized carbons (Fsp3) is 0.929. The molecule has 18 heavy (non-hydrogen) atoms. The van der Waals surface area contributed by atoms with Crippen molar-refractivity contribution >= 4 is 5.91 Å². The van der Waals surface area contributed by atoms with Crippen molar-refractivity contribution in [2.24, 2.45) is 11.1 Å². The Morgan fingerprint density at radius 1 is 1.28 bits per heavy atom. The Labute approximate surface area is 112 Å². The number of hydrogen-bond donors (Lipinski definition) is 2. The number of carbonyl (C=O) groups excluding carboxylic acids is 1. The Morgan fingerprint density at radius 3 is 2.28 bits per heavy atom. The first-order chi connectivity index (χ1) is 8.16. The van der Waals surface area contributed by atoms with Gasteiger partial charge in [-0.25, -0.2) is 0 Å². The first-order valence-electron chi connectivity index (χ1n) is 6.89. The lowest BCUT2D eigenvalue weighted by Gasteiger charge is -2.26. The molecule has 1 amide bonds. The van der Waals surface area contributed by atoms with E-state index in [9.17, 15) is 4.79 Å². The fourth-order valence-electron chi connectivity index (χ4n) is 1.46. The molecule has 0 aromatic rings. The van der Waals surface area contributed by atoms with Gasteiger partial charge in [-0.15, -0.1) is 0 Å². The highest BCUT2D eigenvalue weighted by atomic mass is 16.2. The Hall–Kier alpha value is -0.610. The lowest BCUT2D eigenvalue weighted by Crippen LogP contribution is -2.48. The van der Waals surface area contributed by atoms with E-state index in [-0.39, 0.29) is 11.3 Å². The Balaban J connectivity index is 3.71. The van der Waals surface area contributed by atoms with Crippen LogP contribution < -0.4 is 11.1 Å². The molecule has 1 atom stereocenters. The molecular weight excluding hydrogens is 226 g/mol. The Kier molecular flexibility index (Phi) is 7.48. The minimum absolute atomic E-state index is 0.0419. The van der Waals surface area contributed by atoms with Gasteiger partial charge in [-0.2, -0.15) is 0 Å². The highest BCUT2D eigenvalue weighted by molar-refractivity contribution is 5.82. The molecule has 0 aromatic carbocycles. The van der Waals surface area contributed by atoms with Gasteiger partial charge >= 0.3 is 0 Å². The third-order valence-corrected chi connectivity index (χ3v) is 3.33. The predicted molar refractivity (Wildman–Crippen MR) is 77.4 cm³/mol. The number of rotatable bonds is 7. The summed E-state index contributed by atoms with van der Waals surface area (Å²) in [5.74, 6) is -0.0419. The quantitative estimate of drug-likeness (QED) is 0.681. The van der Waals surface area contributed by atoms with Gasteiger partial charge in [-0.05, 0) is 45.7 Å². The van der Waals surface area contributed by atoms with Crippen molar-refractivity contribution in [2.45, 2.75) is 59.5 Å². The van der Waals surface area contributed by atoms with E-state index in [0.29, 0.717) is 12.6 Å². The van der Waals surface area contributed by atoms with E-state index < -0.39 is 6.04 Å². The van der Waals surface area contributed by atoms with Gasteiger partial charge < -0.3 is 16.0 Å². The highest BCUT2D eigenvalue weighted by Gasteiger charge is 2.26. The molecule has 0 saturated heterocycles. The van der Waals surface area contributed by atoms with Crippen LogP contribution in [0.3, 0.4) is 0 Å². The SMILES string of the molecule is CC(C)N(C)CCCCNC(=O)C(N)C(C)(C)C. The van der Waals surface area contributed by atoms with Crippen LogP contribution in [0, 0.1) is 5.41 Å². The molecule has 0 fully saturated rings. The maximum absolute atomic E-state index is 11.7. The zero-order chi connectivity index (χ0) is 14.3. The number of nitrogens with one attached hydrogen (secondary N) is 1. The normalized spacial score (nSPS) is 14.1. The standard InChI is InChI=1S/C14H31N3O/c1-11(2)17(6)10-8-7-9-16-13(18)12(15)14(3,4)5/h11-12H,7-10,15H2,1-6H3,(H,16,18). The van der Waals surface area contributed by atoms with E-state index in [1.807, 2.05) is 20.8 Å². The first-order valence-corrected chi connectivity index (χ1v) is 6.89. The van der Waals surface area contributed by atoms with Crippen LogP contribution >= 0.6 is 0 Å². The van der Waals surface area contributed by atoms with Crippen molar-refractivity contribution in [2.75, 3.05) is 20.1 Å². The van der Waals surface area contributed by atoms with E-state index in [1.165, 1.54) is 0 Å². The molecule has 0 aromatic heterocycles. The van der Waals surface area contributed by atoms with Gasteiger partial charge in [-0.1, -0.05) is 20.8 Å². The largest absolute Gasteiger partial charge is 0.355 e. The zero-order valence-corrected chi connectivity index (χ0v) is 12.9. The van der Waals surface area contributed by atoms with Gasteiger partial charge in [-0.3, -0.25) is 4.79 Å². The van der Waals surface area contributed by atoms with Crippen molar-refractivity contribution < 1.29 is 4.79 Å². The number of carbonyl (C=O) groups is 1. The average molecular weight is 257 g/mol. The van der Waals surface area contributed by atoms with Gasteiger partial charge in [0.15, 0.2) is 0 Å². The lowest BCUT2D eigenvalue weighted by atomic mass is 9.87. The second-order valence-electron chi connectivity index (χ2n) is 6.42. The summed E-state index contributed by atoms with van der Waals surface area (Å²) in [6.45, 7) is 12.1. The average Bonchev–Trinajstić information content (AvgIpc) is 2.25. The molecule has 3 N–H and O–H groups in total. The summed E-state index contributed by atoms with van der Waals surface area (Å²) < 4.78 is 0. The van der Waals surface area contributed by atoms with Crippen LogP contribution in [0.5, 0.6) is 0 Å². The highest BCUT2D eigenvalue weighted by Crippen LogP contribution is 2.17. The molecule has 0 bridgehead atoms. The summed E-state index contributed by atoms with van der Waals surface area (Å²) >= 11 is 0. The molecule has 0 aliphatic rings. The topological polar surface area (TPSA) is 58.4 Å². The molecule has 0 aliphatic carbocycles. The van der Waals surface area contributed by atoms with Crippen LogP contribution in [0.1, 0.15) is 47.5 Å². The summed E-state index contributed by atoms with van der Waals surface area (Å²) in [5, 5.41) is 2.91. The van der Waals surface area contributed by atoms with Gasteiger partial charge in [0.2, 0.25) is 5.91 Å². The second kappa shape index (κ2) is 7.74. The van der Waals surface area contributed by atoms with Crippen LogP contribution in [-0.4, -0.2) is 43.0 Å². The van der Waals surface area contributed by atoms with Crippen LogP contribution in [0.4, 0.5) is 0 Å². The molecule has 0 aliphatic heterocycles. The molecular formula is C14H31N3O. The summed E-state index contributed by atoms with van der Waals surface area (Å²) in [6.07, 6.45) is 2.10. The third kappa shape index (κ3) is 6.97. The van der Waals surface area contributed by atoms with E-state index in [0.717, 1.165) is 19.4 Å². The zero-order valence-electron chi connectivity index (χ0n) is 12.9. The maximum atomic E-state index is 11.7. The van der Waals surface area contributed by atoms with Gasteiger partial charge in [0.25, 0.3) is 0 Å². The molecule has 1 unspecified atom stereocenters. The van der Waals surface area contributed by atoms with Crippen molar-refractivity contribution in [1.82, 2.24) is 10.2 Å². The number of hydrogen-bond acceptors (Lipinski definition) is 3. The molecule has 0 spiro atoms. The molecule has 0 heterocycles. The summed E-state index contributed by atoms with van der Waals surface area (Å²) in [5.41, 5.74) is 5.70. The fourth-order valence-corrected chi connectivity index (χ4v) is 1.46. The van der Waals surface area contributed by atoms with Crippen molar-refractivity contribution in [3.05, 3.63) is 0 Å². The number of nitrogens with zero attached hydrogens (tertiary/aromatic N) is 1. The van der Waals surface area contributed by atoms with Gasteiger partial charge in [0.1, 0.15) is 0 Å². The summed E-state index contributed by atoms with van der Waals surface area (Å²) in [7, 11) is 2.12. The monoisotopic (exact) mass is 257 g/mol.